The molecule has 0 saturated carbocycles. The maximum Gasteiger partial charge on any atom is 0.270 e. The van der Waals surface area contributed by atoms with Gasteiger partial charge in [0.15, 0.2) is 8.32 Å². The third-order valence-electron chi connectivity index (χ3n) is 5.05. The summed E-state index contributed by atoms with van der Waals surface area (Å²) in [6.45, 7) is 13.2. The van der Waals surface area contributed by atoms with Crippen LogP contribution in [0.4, 0.5) is 0 Å². The molecule has 0 bridgehead atoms. The molecule has 0 aromatic heterocycles. The largest absolute Gasteiger partial charge is 0.407 e. The van der Waals surface area contributed by atoms with E-state index in [4.69, 9.17) is 19.1 Å². The number of aliphatic hydroxyl groups excluding tert-OH is 1. The number of nitrogens with two attached hydrogens (primary N) is 1. The Morgan fingerprint density at radius 1 is 1.35 bits per heavy atom. The highest BCUT2D eigenvalue weighted by Gasteiger charge is 2.60. The van der Waals surface area contributed by atoms with Crippen LogP contribution in [0.3, 0.4) is 0 Å². The van der Waals surface area contributed by atoms with E-state index in [1.165, 1.54) is 0 Å². The average molecular weight is 408 g/mol. The minimum Gasteiger partial charge on any atom is -0.407 e. The van der Waals surface area contributed by atoms with Gasteiger partial charge in [-0.15, -0.1) is 5.92 Å². The van der Waals surface area contributed by atoms with Crippen molar-refractivity contribution in [3.8, 4) is 11.8 Å². The Kier molecular flexibility index (Phi) is 7.49. The van der Waals surface area contributed by atoms with Gasteiger partial charge in [-0.1, -0.05) is 26.7 Å². The number of ether oxygens (including phenoxy) is 1. The third-order valence-corrected chi connectivity index (χ3v) is 10.8. The van der Waals surface area contributed by atoms with Crippen molar-refractivity contribution < 1.29 is 26.9 Å². The normalized spacial score (nSPS) is 30.1. The highest BCUT2D eigenvalue weighted by molar-refractivity contribution is 7.86. The molecule has 1 rings (SSSR count). The molecule has 0 amide bonds. The molecule has 0 aromatic carbocycles. The Morgan fingerprint density at radius 3 is 2.35 bits per heavy atom. The molecule has 1 saturated heterocycles. The van der Waals surface area contributed by atoms with Crippen LogP contribution in [0.2, 0.25) is 18.1 Å². The highest BCUT2D eigenvalue weighted by Crippen LogP contribution is 2.44. The standard InChI is InChI=1S/C17H33NO6SSi/c1-8-9-17(24-25(20,21)11-10-18)14(12-19)22-13(2)15(17)23-26(6,7)16(3,4)5/h13-15,19H,10-12,18H2,1-7H3/t13-,14+,15?,17-/m0/s1. The zero-order chi connectivity index (χ0) is 20.4. The van der Waals surface area contributed by atoms with Crippen LogP contribution < -0.4 is 5.73 Å². The van der Waals surface area contributed by atoms with Crippen LogP contribution in [0.1, 0.15) is 34.6 Å². The molecule has 0 radical (unpaired) electrons. The zero-order valence-electron chi connectivity index (χ0n) is 16.8. The second-order valence-electron chi connectivity index (χ2n) is 8.11. The molecule has 1 aliphatic rings. The van der Waals surface area contributed by atoms with Crippen molar-refractivity contribution in [2.75, 3.05) is 18.9 Å². The van der Waals surface area contributed by atoms with Crippen molar-refractivity contribution in [3.05, 3.63) is 0 Å². The molecule has 4 atom stereocenters. The predicted molar refractivity (Wildman–Crippen MR) is 104 cm³/mol. The molecule has 1 heterocycles. The summed E-state index contributed by atoms with van der Waals surface area (Å²) in [5.41, 5.74) is 3.79. The number of aliphatic hydroxyl groups is 1. The van der Waals surface area contributed by atoms with Gasteiger partial charge in [0.1, 0.15) is 12.2 Å². The lowest BCUT2D eigenvalue weighted by Gasteiger charge is -2.42. The van der Waals surface area contributed by atoms with Crippen LogP contribution in [0.5, 0.6) is 0 Å². The highest BCUT2D eigenvalue weighted by atomic mass is 32.2. The van der Waals surface area contributed by atoms with Crippen LogP contribution in [-0.2, 0) is 23.5 Å². The third kappa shape index (κ3) is 4.87. The Labute approximate surface area is 158 Å². The monoisotopic (exact) mass is 407 g/mol. The Hall–Kier alpha value is -0.473. The van der Waals surface area contributed by atoms with E-state index in [9.17, 15) is 13.5 Å². The second-order valence-corrected chi connectivity index (χ2v) is 14.6. The van der Waals surface area contributed by atoms with Crippen molar-refractivity contribution in [1.82, 2.24) is 0 Å². The summed E-state index contributed by atoms with van der Waals surface area (Å²) in [6.07, 6.45) is -2.18. The SMILES string of the molecule is CC#C[C@@]1(OS(=O)(=O)CCN)C(O[Si](C)(C)C(C)(C)C)[C@H](C)O[C@@H]1CO. The van der Waals surface area contributed by atoms with Gasteiger partial charge in [-0.05, 0) is 32.0 Å². The topological polar surface area (TPSA) is 108 Å². The van der Waals surface area contributed by atoms with Gasteiger partial charge in [-0.3, -0.25) is 0 Å². The molecule has 1 unspecified atom stereocenters. The van der Waals surface area contributed by atoms with E-state index < -0.39 is 49.0 Å². The van der Waals surface area contributed by atoms with Gasteiger partial charge in [-0.25, -0.2) is 4.18 Å². The lowest BCUT2D eigenvalue weighted by molar-refractivity contribution is -0.0340. The van der Waals surface area contributed by atoms with Crippen molar-refractivity contribution in [3.63, 3.8) is 0 Å². The molecular formula is C17H33NO6SSi. The molecule has 0 aromatic rings. The fourth-order valence-corrected chi connectivity index (χ4v) is 5.08. The summed E-state index contributed by atoms with van der Waals surface area (Å²) in [7, 11) is -6.26. The van der Waals surface area contributed by atoms with Crippen molar-refractivity contribution in [2.45, 2.75) is 76.7 Å². The molecule has 9 heteroatoms. The van der Waals surface area contributed by atoms with Crippen molar-refractivity contribution in [2.24, 2.45) is 5.73 Å². The maximum absolute atomic E-state index is 12.4. The zero-order valence-corrected chi connectivity index (χ0v) is 18.6. The van der Waals surface area contributed by atoms with Crippen LogP contribution in [0.25, 0.3) is 0 Å². The van der Waals surface area contributed by atoms with E-state index in [2.05, 4.69) is 45.7 Å². The van der Waals surface area contributed by atoms with Gasteiger partial charge in [0, 0.05) is 6.54 Å². The summed E-state index contributed by atoms with van der Waals surface area (Å²) in [5, 5.41) is 9.71. The van der Waals surface area contributed by atoms with Crippen molar-refractivity contribution in [1.29, 1.82) is 0 Å². The molecule has 0 aliphatic carbocycles. The number of hydrogen-bond donors (Lipinski definition) is 2. The minimum atomic E-state index is -3.97. The Balaban J connectivity index is 3.44. The van der Waals surface area contributed by atoms with Gasteiger partial charge >= 0.3 is 0 Å². The van der Waals surface area contributed by atoms with Crippen LogP contribution >= 0.6 is 0 Å². The molecule has 0 spiro atoms. The summed E-state index contributed by atoms with van der Waals surface area (Å²) in [5.74, 6) is 5.23. The molecule has 26 heavy (non-hydrogen) atoms. The molecule has 7 nitrogen and oxygen atoms in total. The molecule has 152 valence electrons. The molecule has 1 fully saturated rings. The number of rotatable bonds is 7. The van der Waals surface area contributed by atoms with Gasteiger partial charge in [-0.2, -0.15) is 8.42 Å². The molecule has 1 aliphatic heterocycles. The van der Waals surface area contributed by atoms with Gasteiger partial charge < -0.3 is 20.0 Å². The Morgan fingerprint density at radius 2 is 1.92 bits per heavy atom. The van der Waals surface area contributed by atoms with Gasteiger partial charge in [0.25, 0.3) is 10.1 Å². The summed E-state index contributed by atoms with van der Waals surface area (Å²) in [6, 6.07) is 0. The van der Waals surface area contributed by atoms with E-state index in [1.54, 1.807) is 13.8 Å². The molecular weight excluding hydrogens is 374 g/mol. The average Bonchev–Trinajstić information content (AvgIpc) is 2.70. The smallest absolute Gasteiger partial charge is 0.270 e. The lowest BCUT2D eigenvalue weighted by atomic mass is 9.92. The van der Waals surface area contributed by atoms with E-state index in [0.29, 0.717) is 0 Å². The Bertz CT molecular complexity index is 648. The van der Waals surface area contributed by atoms with E-state index in [1.807, 2.05) is 0 Å². The lowest BCUT2D eigenvalue weighted by Crippen LogP contribution is -2.57. The predicted octanol–water partition coefficient (Wildman–Crippen LogP) is 1.22. The first-order valence-corrected chi connectivity index (χ1v) is 13.3. The van der Waals surface area contributed by atoms with Gasteiger partial charge in [0.2, 0.25) is 5.60 Å². The first-order chi connectivity index (χ1) is 11.8. The summed E-state index contributed by atoms with van der Waals surface area (Å²) < 4.78 is 42.6. The minimum absolute atomic E-state index is 0.0775. The van der Waals surface area contributed by atoms with Gasteiger partial charge in [0.05, 0.1) is 18.5 Å². The fraction of sp³-hybridized carbons (Fsp3) is 0.882. The van der Waals surface area contributed by atoms with Crippen LogP contribution in [-0.4, -0.2) is 64.7 Å². The van der Waals surface area contributed by atoms with E-state index in [-0.39, 0.29) is 17.3 Å². The van der Waals surface area contributed by atoms with Crippen molar-refractivity contribution >= 4 is 18.4 Å². The van der Waals surface area contributed by atoms with Crippen LogP contribution in [0.15, 0.2) is 0 Å². The fourth-order valence-electron chi connectivity index (χ4n) is 2.68. The van der Waals surface area contributed by atoms with E-state index >= 15 is 0 Å². The van der Waals surface area contributed by atoms with E-state index in [0.717, 1.165) is 0 Å². The first-order valence-electron chi connectivity index (χ1n) is 8.77. The first kappa shape index (κ1) is 23.6. The molecule has 3 N–H and O–H groups in total. The van der Waals surface area contributed by atoms with Crippen LogP contribution in [0, 0.1) is 11.8 Å². The maximum atomic E-state index is 12.4. The number of hydrogen-bond acceptors (Lipinski definition) is 7. The second kappa shape index (κ2) is 8.27. The quantitative estimate of drug-likeness (QED) is 0.371. The summed E-state index contributed by atoms with van der Waals surface area (Å²) >= 11 is 0. The summed E-state index contributed by atoms with van der Waals surface area (Å²) in [4.78, 5) is 0.